The van der Waals surface area contributed by atoms with Gasteiger partial charge in [-0.15, -0.1) is 6.58 Å². The highest BCUT2D eigenvalue weighted by Gasteiger charge is 2.26. The number of carbonyl (C=O) groups excluding carboxylic acids is 3. The molecule has 1 fully saturated rings. The number of sulfone groups is 1. The van der Waals surface area contributed by atoms with Crippen molar-refractivity contribution in [2.45, 2.75) is 19.4 Å². The van der Waals surface area contributed by atoms with Gasteiger partial charge >= 0.3 is 5.97 Å². The lowest BCUT2D eigenvalue weighted by Gasteiger charge is -2.14. The molecule has 2 amide bonds. The molecule has 0 aliphatic carbocycles. The SMILES string of the molecule is C=CCn1c(=NC(=O)CS(=O)(=O)CC(=O)N2CCCC2)sc2cc(C(=O)OC)ccc21. The van der Waals surface area contributed by atoms with Gasteiger partial charge in [-0.2, -0.15) is 4.99 Å². The van der Waals surface area contributed by atoms with Gasteiger partial charge in [0.1, 0.15) is 11.5 Å². The summed E-state index contributed by atoms with van der Waals surface area (Å²) in [5.41, 5.74) is 1.07. The predicted molar refractivity (Wildman–Crippen MR) is 116 cm³/mol. The summed E-state index contributed by atoms with van der Waals surface area (Å²) < 4.78 is 31.8. The Balaban J connectivity index is 1.86. The molecule has 166 valence electrons. The van der Waals surface area contributed by atoms with Crippen molar-refractivity contribution in [3.8, 4) is 0 Å². The van der Waals surface area contributed by atoms with Crippen molar-refractivity contribution in [1.82, 2.24) is 9.47 Å². The summed E-state index contributed by atoms with van der Waals surface area (Å²) in [4.78, 5) is 42.1. The second-order valence-corrected chi connectivity index (χ2v) is 10.2. The third-order valence-corrected chi connectivity index (χ3v) is 7.20. The fraction of sp³-hybridized carbons (Fsp3) is 0.400. The van der Waals surface area contributed by atoms with Crippen LogP contribution in [0.15, 0.2) is 35.8 Å². The molecule has 0 spiro atoms. The molecule has 31 heavy (non-hydrogen) atoms. The van der Waals surface area contributed by atoms with E-state index in [1.54, 1.807) is 28.8 Å². The van der Waals surface area contributed by atoms with E-state index < -0.39 is 39.1 Å². The van der Waals surface area contributed by atoms with Crippen LogP contribution in [0.2, 0.25) is 0 Å². The largest absolute Gasteiger partial charge is 0.465 e. The highest BCUT2D eigenvalue weighted by Crippen LogP contribution is 2.20. The number of likely N-dealkylation sites (tertiary alicyclic amines) is 1. The van der Waals surface area contributed by atoms with E-state index in [4.69, 9.17) is 4.74 Å². The minimum absolute atomic E-state index is 0.281. The van der Waals surface area contributed by atoms with Crippen molar-refractivity contribution in [2.75, 3.05) is 31.7 Å². The lowest BCUT2D eigenvalue weighted by Crippen LogP contribution is -2.35. The number of methoxy groups -OCH3 is 1. The average molecular weight is 466 g/mol. The summed E-state index contributed by atoms with van der Waals surface area (Å²) in [7, 11) is -2.65. The lowest BCUT2D eigenvalue weighted by atomic mass is 10.2. The van der Waals surface area contributed by atoms with Crippen molar-refractivity contribution in [1.29, 1.82) is 0 Å². The first-order valence-electron chi connectivity index (χ1n) is 9.62. The maximum absolute atomic E-state index is 12.4. The summed E-state index contributed by atoms with van der Waals surface area (Å²) in [5.74, 6) is -3.37. The van der Waals surface area contributed by atoms with Crippen LogP contribution in [0.4, 0.5) is 0 Å². The number of allylic oxidation sites excluding steroid dienone is 1. The van der Waals surface area contributed by atoms with Crippen LogP contribution < -0.4 is 4.80 Å². The van der Waals surface area contributed by atoms with Gasteiger partial charge < -0.3 is 14.2 Å². The Kier molecular flexibility index (Phi) is 7.06. The highest BCUT2D eigenvalue weighted by atomic mass is 32.2. The molecule has 0 unspecified atom stereocenters. The highest BCUT2D eigenvalue weighted by molar-refractivity contribution is 7.92. The van der Waals surface area contributed by atoms with Gasteiger partial charge in [0, 0.05) is 19.6 Å². The number of carbonyl (C=O) groups is 3. The van der Waals surface area contributed by atoms with Crippen molar-refractivity contribution in [2.24, 2.45) is 4.99 Å². The predicted octanol–water partition coefficient (Wildman–Crippen LogP) is 1.14. The molecule has 1 aromatic heterocycles. The quantitative estimate of drug-likeness (QED) is 0.447. The van der Waals surface area contributed by atoms with E-state index in [1.807, 2.05) is 0 Å². The molecule has 0 atom stereocenters. The van der Waals surface area contributed by atoms with E-state index in [9.17, 15) is 22.8 Å². The monoisotopic (exact) mass is 465 g/mol. The number of hydrogen-bond donors (Lipinski definition) is 0. The van der Waals surface area contributed by atoms with E-state index >= 15 is 0 Å². The molecular formula is C20H23N3O6S2. The van der Waals surface area contributed by atoms with Crippen molar-refractivity contribution in [3.63, 3.8) is 0 Å². The van der Waals surface area contributed by atoms with Crippen LogP contribution in [0, 0.1) is 0 Å². The van der Waals surface area contributed by atoms with E-state index in [2.05, 4.69) is 11.6 Å². The fourth-order valence-electron chi connectivity index (χ4n) is 3.33. The van der Waals surface area contributed by atoms with Gasteiger partial charge in [-0.3, -0.25) is 9.59 Å². The molecule has 11 heteroatoms. The molecule has 0 bridgehead atoms. The van der Waals surface area contributed by atoms with Gasteiger partial charge in [-0.25, -0.2) is 13.2 Å². The Bertz CT molecular complexity index is 1200. The number of aromatic nitrogens is 1. The van der Waals surface area contributed by atoms with Gasteiger partial charge in [0.15, 0.2) is 14.6 Å². The maximum atomic E-state index is 12.4. The molecular weight excluding hydrogens is 442 g/mol. The topological polar surface area (TPSA) is 115 Å². The standard InChI is InChI=1S/C20H23N3O6S2/c1-3-8-23-15-7-6-14(19(26)29-2)11-16(15)30-20(23)21-17(24)12-31(27,28)13-18(25)22-9-4-5-10-22/h3,6-7,11H,1,4-5,8-10,12-13H2,2H3. The maximum Gasteiger partial charge on any atom is 0.337 e. The Morgan fingerprint density at radius 3 is 2.58 bits per heavy atom. The Hall–Kier alpha value is -2.79. The number of hydrogen-bond acceptors (Lipinski definition) is 7. The smallest absolute Gasteiger partial charge is 0.337 e. The molecule has 2 aromatic rings. The molecule has 1 aliphatic heterocycles. The summed E-state index contributed by atoms with van der Waals surface area (Å²) >= 11 is 1.14. The number of rotatable bonds is 7. The van der Waals surface area contributed by atoms with Crippen LogP contribution in [0.3, 0.4) is 0 Å². The Morgan fingerprint density at radius 1 is 1.23 bits per heavy atom. The number of fused-ring (bicyclic) bond motifs is 1. The molecule has 1 saturated heterocycles. The van der Waals surface area contributed by atoms with Crippen LogP contribution >= 0.6 is 11.3 Å². The van der Waals surface area contributed by atoms with Gasteiger partial charge in [-0.05, 0) is 31.0 Å². The number of thiazole rings is 1. The van der Waals surface area contributed by atoms with Crippen LogP contribution in [0.1, 0.15) is 23.2 Å². The van der Waals surface area contributed by atoms with Gasteiger partial charge in [0.2, 0.25) is 5.91 Å². The molecule has 0 radical (unpaired) electrons. The number of esters is 1. The zero-order chi connectivity index (χ0) is 22.6. The fourth-order valence-corrected chi connectivity index (χ4v) is 5.53. The van der Waals surface area contributed by atoms with Crippen LogP contribution in [-0.4, -0.2) is 67.4 Å². The molecule has 0 saturated carbocycles. The number of benzene rings is 1. The van der Waals surface area contributed by atoms with Crippen molar-refractivity contribution < 1.29 is 27.5 Å². The first kappa shape index (κ1) is 22.9. The average Bonchev–Trinajstić information content (AvgIpc) is 3.35. The van der Waals surface area contributed by atoms with Crippen LogP contribution in [0.5, 0.6) is 0 Å². The second-order valence-electron chi connectivity index (χ2n) is 7.08. The van der Waals surface area contributed by atoms with Gasteiger partial charge in [0.25, 0.3) is 5.91 Å². The third kappa shape index (κ3) is 5.47. The summed E-state index contributed by atoms with van der Waals surface area (Å²) in [6.07, 6.45) is 3.33. The molecule has 2 heterocycles. The molecule has 9 nitrogen and oxygen atoms in total. The molecule has 3 rings (SSSR count). The lowest BCUT2D eigenvalue weighted by molar-refractivity contribution is -0.127. The molecule has 0 N–H and O–H groups in total. The minimum Gasteiger partial charge on any atom is -0.465 e. The first-order valence-corrected chi connectivity index (χ1v) is 12.3. The van der Waals surface area contributed by atoms with Gasteiger partial charge in [0.05, 0.1) is 22.9 Å². The Morgan fingerprint density at radius 2 is 1.94 bits per heavy atom. The molecule has 1 aromatic carbocycles. The van der Waals surface area contributed by atoms with E-state index in [-0.39, 0.29) is 4.80 Å². The van der Waals surface area contributed by atoms with Crippen molar-refractivity contribution in [3.05, 3.63) is 41.2 Å². The number of ether oxygens (including phenoxy) is 1. The van der Waals surface area contributed by atoms with Crippen LogP contribution in [-0.2, 0) is 30.7 Å². The normalized spacial score (nSPS) is 14.7. The van der Waals surface area contributed by atoms with Crippen LogP contribution in [0.25, 0.3) is 10.2 Å². The zero-order valence-corrected chi connectivity index (χ0v) is 18.7. The zero-order valence-electron chi connectivity index (χ0n) is 17.1. The van der Waals surface area contributed by atoms with E-state index in [0.717, 1.165) is 29.7 Å². The summed E-state index contributed by atoms with van der Waals surface area (Å²) in [6, 6.07) is 4.93. The summed E-state index contributed by atoms with van der Waals surface area (Å²) in [5, 5.41) is 0. The number of nitrogens with zero attached hydrogens (tertiary/aromatic N) is 3. The van der Waals surface area contributed by atoms with Gasteiger partial charge in [-0.1, -0.05) is 17.4 Å². The van der Waals surface area contributed by atoms with Crippen molar-refractivity contribution >= 4 is 49.2 Å². The van der Waals surface area contributed by atoms with E-state index in [1.165, 1.54) is 12.0 Å². The number of amides is 2. The summed E-state index contributed by atoms with van der Waals surface area (Å²) in [6.45, 7) is 5.12. The second kappa shape index (κ2) is 9.56. The van der Waals surface area contributed by atoms with E-state index in [0.29, 0.717) is 29.9 Å². The minimum atomic E-state index is -3.93. The first-order chi connectivity index (χ1) is 14.7. The third-order valence-electron chi connectivity index (χ3n) is 4.78. The molecule has 1 aliphatic rings. The Labute approximate surface area is 183 Å².